The summed E-state index contributed by atoms with van der Waals surface area (Å²) in [5.41, 5.74) is 0.122. The SMILES string of the molecule is CC1(c2ccccc2)CN(CC(=O)Nc2ccc(OC(F)(F)F)cc2)N=C1c1ccc(C(F)(F)F)c(Cl)c1. The highest BCUT2D eigenvalue weighted by molar-refractivity contribution is 6.32. The Balaban J connectivity index is 1.56. The van der Waals surface area contributed by atoms with Crippen molar-refractivity contribution < 1.29 is 35.9 Å². The molecular formula is C26H20ClF6N3O2. The van der Waals surface area contributed by atoms with Crippen LogP contribution in [0, 0.1) is 0 Å². The number of amides is 1. The Labute approximate surface area is 218 Å². The largest absolute Gasteiger partial charge is 0.573 e. The van der Waals surface area contributed by atoms with Gasteiger partial charge in [0.2, 0.25) is 5.91 Å². The standard InChI is InChI=1S/C26H20ClF6N3O2/c1-24(17-5-3-2-4-6-17)15-36(35-23(24)16-7-12-20(21(27)13-16)25(28,29)30)14-22(37)34-18-8-10-19(11-9-18)38-26(31,32)33/h2-13H,14-15H2,1H3,(H,34,37). The Morgan fingerprint density at radius 1 is 1.03 bits per heavy atom. The number of rotatable bonds is 6. The maximum atomic E-state index is 13.2. The maximum Gasteiger partial charge on any atom is 0.573 e. The third-order valence-corrected chi connectivity index (χ3v) is 6.23. The molecule has 1 heterocycles. The summed E-state index contributed by atoms with van der Waals surface area (Å²) in [7, 11) is 0. The number of hydrogen-bond donors (Lipinski definition) is 1. The molecule has 1 atom stereocenters. The van der Waals surface area contributed by atoms with E-state index in [4.69, 9.17) is 11.6 Å². The van der Waals surface area contributed by atoms with Gasteiger partial charge in [0.25, 0.3) is 0 Å². The van der Waals surface area contributed by atoms with E-state index in [1.807, 2.05) is 37.3 Å². The number of benzene rings is 3. The molecule has 1 N–H and O–H groups in total. The van der Waals surface area contributed by atoms with Gasteiger partial charge in [0.05, 0.1) is 28.3 Å². The molecular weight excluding hydrogens is 536 g/mol. The van der Waals surface area contributed by atoms with Crippen LogP contribution in [0.5, 0.6) is 5.75 Å². The molecule has 0 aliphatic carbocycles. The number of halogens is 7. The van der Waals surface area contributed by atoms with E-state index >= 15 is 0 Å². The second kappa shape index (κ2) is 10.2. The Morgan fingerprint density at radius 2 is 1.68 bits per heavy atom. The number of carbonyl (C=O) groups is 1. The van der Waals surface area contributed by atoms with Crippen molar-refractivity contribution in [3.8, 4) is 5.75 Å². The van der Waals surface area contributed by atoms with Gasteiger partial charge in [-0.25, -0.2) is 0 Å². The van der Waals surface area contributed by atoms with E-state index in [-0.39, 0.29) is 18.8 Å². The summed E-state index contributed by atoms with van der Waals surface area (Å²) in [5.74, 6) is -0.932. The van der Waals surface area contributed by atoms with E-state index in [9.17, 15) is 31.1 Å². The molecule has 0 radical (unpaired) electrons. The highest BCUT2D eigenvalue weighted by Crippen LogP contribution is 2.39. The van der Waals surface area contributed by atoms with Gasteiger partial charge in [0, 0.05) is 11.3 Å². The molecule has 4 rings (SSSR count). The monoisotopic (exact) mass is 555 g/mol. The molecule has 0 bridgehead atoms. The van der Waals surface area contributed by atoms with Crippen molar-refractivity contribution in [2.45, 2.75) is 24.9 Å². The molecule has 38 heavy (non-hydrogen) atoms. The van der Waals surface area contributed by atoms with Gasteiger partial charge in [0.1, 0.15) is 12.3 Å². The van der Waals surface area contributed by atoms with Gasteiger partial charge in [-0.15, -0.1) is 13.2 Å². The number of alkyl halides is 6. The quantitative estimate of drug-likeness (QED) is 0.338. The molecule has 3 aromatic carbocycles. The highest BCUT2D eigenvalue weighted by atomic mass is 35.5. The first kappa shape index (κ1) is 27.3. The van der Waals surface area contributed by atoms with Crippen LogP contribution < -0.4 is 10.1 Å². The summed E-state index contributed by atoms with van der Waals surface area (Å²) in [6.07, 6.45) is -9.45. The van der Waals surface area contributed by atoms with Crippen molar-refractivity contribution in [1.29, 1.82) is 0 Å². The first-order valence-corrected chi connectivity index (χ1v) is 11.5. The predicted molar refractivity (Wildman–Crippen MR) is 130 cm³/mol. The lowest BCUT2D eigenvalue weighted by Crippen LogP contribution is -2.38. The summed E-state index contributed by atoms with van der Waals surface area (Å²) < 4.78 is 80.5. The Morgan fingerprint density at radius 3 is 2.26 bits per heavy atom. The fraction of sp³-hybridized carbons (Fsp3) is 0.231. The maximum absolute atomic E-state index is 13.2. The lowest BCUT2D eigenvalue weighted by molar-refractivity contribution is -0.274. The fourth-order valence-corrected chi connectivity index (χ4v) is 4.51. The van der Waals surface area contributed by atoms with E-state index in [0.29, 0.717) is 11.3 Å². The number of ether oxygens (including phenoxy) is 1. The van der Waals surface area contributed by atoms with Crippen LogP contribution in [0.25, 0.3) is 0 Å². The lowest BCUT2D eigenvalue weighted by atomic mass is 9.76. The van der Waals surface area contributed by atoms with Gasteiger partial charge in [0.15, 0.2) is 0 Å². The number of carbonyl (C=O) groups excluding carboxylic acids is 1. The first-order chi connectivity index (χ1) is 17.7. The van der Waals surface area contributed by atoms with Crippen LogP contribution in [0.3, 0.4) is 0 Å². The van der Waals surface area contributed by atoms with E-state index in [1.165, 1.54) is 29.3 Å². The minimum absolute atomic E-state index is 0.221. The minimum atomic E-state index is -4.83. The Hall–Kier alpha value is -3.73. The van der Waals surface area contributed by atoms with E-state index in [0.717, 1.165) is 23.8 Å². The Bertz CT molecular complexity index is 1340. The van der Waals surface area contributed by atoms with Crippen LogP contribution >= 0.6 is 11.6 Å². The summed E-state index contributed by atoms with van der Waals surface area (Å²) in [6, 6.07) is 17.2. The average Bonchev–Trinajstić information content (AvgIpc) is 3.16. The molecule has 0 aromatic heterocycles. The molecule has 1 aliphatic heterocycles. The van der Waals surface area contributed by atoms with Gasteiger partial charge >= 0.3 is 12.5 Å². The highest BCUT2D eigenvalue weighted by Gasteiger charge is 2.42. The van der Waals surface area contributed by atoms with Gasteiger partial charge in [-0.05, 0) is 48.9 Å². The molecule has 1 amide bonds. The van der Waals surface area contributed by atoms with Crippen LogP contribution in [0.4, 0.5) is 32.0 Å². The molecule has 0 saturated carbocycles. The van der Waals surface area contributed by atoms with Gasteiger partial charge in [-0.2, -0.15) is 18.3 Å². The van der Waals surface area contributed by atoms with Crippen molar-refractivity contribution in [2.24, 2.45) is 5.10 Å². The molecule has 0 saturated heterocycles. The summed E-state index contributed by atoms with van der Waals surface area (Å²) in [4.78, 5) is 12.7. The molecule has 5 nitrogen and oxygen atoms in total. The van der Waals surface area contributed by atoms with E-state index < -0.39 is 40.2 Å². The number of hydrazone groups is 1. The summed E-state index contributed by atoms with van der Waals surface area (Å²) in [5, 5.41) is 8.15. The topological polar surface area (TPSA) is 53.9 Å². The second-order valence-corrected chi connectivity index (χ2v) is 9.19. The molecule has 3 aromatic rings. The number of anilines is 1. The zero-order chi connectivity index (χ0) is 27.7. The summed E-state index contributed by atoms with van der Waals surface area (Å²) >= 11 is 5.97. The van der Waals surface area contributed by atoms with Crippen molar-refractivity contribution in [1.82, 2.24) is 5.01 Å². The second-order valence-electron chi connectivity index (χ2n) is 8.78. The average molecular weight is 556 g/mol. The molecule has 1 aliphatic rings. The molecule has 0 fully saturated rings. The number of nitrogens with one attached hydrogen (secondary N) is 1. The molecule has 1 unspecified atom stereocenters. The van der Waals surface area contributed by atoms with Gasteiger partial charge in [-0.3, -0.25) is 9.80 Å². The van der Waals surface area contributed by atoms with Gasteiger partial charge in [-0.1, -0.05) is 48.0 Å². The molecule has 0 spiro atoms. The fourth-order valence-electron chi connectivity index (χ4n) is 4.23. The smallest absolute Gasteiger partial charge is 0.406 e. The van der Waals surface area contributed by atoms with Crippen LogP contribution in [0.15, 0.2) is 77.9 Å². The zero-order valence-corrected chi connectivity index (χ0v) is 20.5. The van der Waals surface area contributed by atoms with E-state index in [1.54, 1.807) is 0 Å². The van der Waals surface area contributed by atoms with Crippen LogP contribution in [0.1, 0.15) is 23.6 Å². The number of hydrogen-bond acceptors (Lipinski definition) is 4. The van der Waals surface area contributed by atoms with Crippen molar-refractivity contribution in [2.75, 3.05) is 18.4 Å². The summed E-state index contributed by atoms with van der Waals surface area (Å²) in [6.45, 7) is 1.88. The predicted octanol–water partition coefficient (Wildman–Crippen LogP) is 6.87. The van der Waals surface area contributed by atoms with Crippen LogP contribution in [-0.2, 0) is 16.4 Å². The van der Waals surface area contributed by atoms with Gasteiger partial charge < -0.3 is 10.1 Å². The molecule has 12 heteroatoms. The van der Waals surface area contributed by atoms with Crippen LogP contribution in [0.2, 0.25) is 5.02 Å². The van der Waals surface area contributed by atoms with Crippen molar-refractivity contribution >= 4 is 28.9 Å². The Kier molecular flexibility index (Phi) is 7.33. The van der Waals surface area contributed by atoms with Crippen LogP contribution in [-0.4, -0.2) is 36.1 Å². The third kappa shape index (κ3) is 6.21. The normalized spacial score (nSPS) is 17.8. The minimum Gasteiger partial charge on any atom is -0.406 e. The molecule has 200 valence electrons. The number of nitrogens with zero attached hydrogens (tertiary/aromatic N) is 2. The van der Waals surface area contributed by atoms with Crippen molar-refractivity contribution in [3.63, 3.8) is 0 Å². The third-order valence-electron chi connectivity index (χ3n) is 5.92. The van der Waals surface area contributed by atoms with Crippen molar-refractivity contribution in [3.05, 3.63) is 94.5 Å². The zero-order valence-electron chi connectivity index (χ0n) is 19.7. The van der Waals surface area contributed by atoms with E-state index in [2.05, 4.69) is 15.2 Å². The first-order valence-electron chi connectivity index (χ1n) is 11.2. The lowest BCUT2D eigenvalue weighted by Gasteiger charge is -2.27.